The molecule has 130 valence electrons. The second-order valence-corrected chi connectivity index (χ2v) is 5.89. The Morgan fingerprint density at radius 3 is 2.04 bits per heavy atom. The summed E-state index contributed by atoms with van der Waals surface area (Å²) in [5, 5.41) is 9.02. The molecule has 0 aliphatic carbocycles. The van der Waals surface area contributed by atoms with Crippen LogP contribution in [0.2, 0.25) is 0 Å². The highest BCUT2D eigenvalue weighted by Crippen LogP contribution is 2.15. The highest BCUT2D eigenvalue weighted by Gasteiger charge is 2.17. The average molecular weight is 346 g/mol. The van der Waals surface area contributed by atoms with E-state index in [1.165, 1.54) is 0 Å². The minimum Gasteiger partial charge on any atom is -0.478 e. The van der Waals surface area contributed by atoms with Crippen LogP contribution in [0.3, 0.4) is 0 Å². The van der Waals surface area contributed by atoms with E-state index in [-0.39, 0.29) is 11.5 Å². The molecule has 0 aliphatic heterocycles. The summed E-state index contributed by atoms with van der Waals surface area (Å²) < 4.78 is 0. The molecule has 5 nitrogen and oxygen atoms in total. The SMILES string of the molecule is O=C(O)c1ccc(CN(Cc2ccccc2)C(=O)c2cccnc2)cc1. The fourth-order valence-electron chi connectivity index (χ4n) is 2.65. The molecule has 3 rings (SSSR count). The van der Waals surface area contributed by atoms with E-state index < -0.39 is 5.97 Å². The Kier molecular flexibility index (Phi) is 5.39. The number of pyridine rings is 1. The van der Waals surface area contributed by atoms with Crippen LogP contribution in [0.15, 0.2) is 79.1 Å². The van der Waals surface area contributed by atoms with Gasteiger partial charge in [0.25, 0.3) is 5.91 Å². The summed E-state index contributed by atoms with van der Waals surface area (Å²) in [5.74, 6) is -1.09. The van der Waals surface area contributed by atoms with Crippen LogP contribution >= 0.6 is 0 Å². The van der Waals surface area contributed by atoms with Gasteiger partial charge in [0.15, 0.2) is 0 Å². The number of carboxylic acids is 1. The molecule has 1 aromatic heterocycles. The minimum atomic E-state index is -0.968. The highest BCUT2D eigenvalue weighted by molar-refractivity contribution is 5.93. The lowest BCUT2D eigenvalue weighted by atomic mass is 10.1. The van der Waals surface area contributed by atoms with E-state index in [4.69, 9.17) is 5.11 Å². The van der Waals surface area contributed by atoms with Crippen molar-refractivity contribution < 1.29 is 14.7 Å². The zero-order chi connectivity index (χ0) is 18.4. The first-order valence-electron chi connectivity index (χ1n) is 8.19. The van der Waals surface area contributed by atoms with Crippen molar-refractivity contribution in [3.8, 4) is 0 Å². The number of carbonyl (C=O) groups is 2. The molecule has 0 saturated carbocycles. The molecule has 0 bridgehead atoms. The normalized spacial score (nSPS) is 10.3. The van der Waals surface area contributed by atoms with Gasteiger partial charge in [-0.2, -0.15) is 0 Å². The number of benzene rings is 2. The first-order chi connectivity index (χ1) is 12.6. The van der Waals surface area contributed by atoms with Crippen LogP contribution in [0.25, 0.3) is 0 Å². The second kappa shape index (κ2) is 8.07. The molecule has 2 aromatic carbocycles. The van der Waals surface area contributed by atoms with Crippen molar-refractivity contribution in [2.75, 3.05) is 0 Å². The summed E-state index contributed by atoms with van der Waals surface area (Å²) in [6.07, 6.45) is 3.18. The summed E-state index contributed by atoms with van der Waals surface area (Å²) >= 11 is 0. The first kappa shape index (κ1) is 17.4. The highest BCUT2D eigenvalue weighted by atomic mass is 16.4. The quantitative estimate of drug-likeness (QED) is 0.740. The van der Waals surface area contributed by atoms with Crippen molar-refractivity contribution >= 4 is 11.9 Å². The van der Waals surface area contributed by atoms with Crippen molar-refractivity contribution in [2.45, 2.75) is 13.1 Å². The zero-order valence-corrected chi connectivity index (χ0v) is 14.1. The Hall–Kier alpha value is -3.47. The summed E-state index contributed by atoms with van der Waals surface area (Å²) in [6, 6.07) is 19.8. The minimum absolute atomic E-state index is 0.121. The number of hydrogen-bond donors (Lipinski definition) is 1. The van der Waals surface area contributed by atoms with Crippen LogP contribution in [0.4, 0.5) is 0 Å². The Labute approximate surface area is 151 Å². The van der Waals surface area contributed by atoms with Gasteiger partial charge in [0.2, 0.25) is 0 Å². The molecule has 1 amide bonds. The first-order valence-corrected chi connectivity index (χ1v) is 8.19. The largest absolute Gasteiger partial charge is 0.478 e. The molecule has 0 radical (unpaired) electrons. The number of aromatic nitrogens is 1. The van der Waals surface area contributed by atoms with Gasteiger partial charge in [-0.15, -0.1) is 0 Å². The maximum Gasteiger partial charge on any atom is 0.335 e. The molecule has 1 N–H and O–H groups in total. The monoisotopic (exact) mass is 346 g/mol. The Morgan fingerprint density at radius 2 is 1.46 bits per heavy atom. The van der Waals surface area contributed by atoms with Gasteiger partial charge >= 0.3 is 5.97 Å². The molecule has 0 fully saturated rings. The number of hydrogen-bond acceptors (Lipinski definition) is 3. The van der Waals surface area contributed by atoms with Crippen LogP contribution < -0.4 is 0 Å². The topological polar surface area (TPSA) is 70.5 Å². The van der Waals surface area contributed by atoms with Crippen LogP contribution in [-0.4, -0.2) is 26.9 Å². The lowest BCUT2D eigenvalue weighted by molar-refractivity contribution is 0.0693. The number of carbonyl (C=O) groups excluding carboxylic acids is 1. The third-order valence-corrected chi connectivity index (χ3v) is 3.99. The van der Waals surface area contributed by atoms with Crippen molar-refractivity contribution in [1.82, 2.24) is 9.88 Å². The van der Waals surface area contributed by atoms with Gasteiger partial charge in [-0.3, -0.25) is 9.78 Å². The van der Waals surface area contributed by atoms with Gasteiger partial charge in [0.1, 0.15) is 0 Å². The molecular formula is C21H18N2O3. The van der Waals surface area contributed by atoms with E-state index in [1.54, 1.807) is 53.7 Å². The van der Waals surface area contributed by atoms with Crippen LogP contribution in [0.5, 0.6) is 0 Å². The van der Waals surface area contributed by atoms with Gasteiger partial charge in [-0.05, 0) is 35.4 Å². The van der Waals surface area contributed by atoms with Crippen LogP contribution in [0.1, 0.15) is 31.8 Å². The molecule has 3 aromatic rings. The molecule has 0 atom stereocenters. The molecule has 0 spiro atoms. The smallest absolute Gasteiger partial charge is 0.335 e. The third kappa shape index (κ3) is 4.33. The van der Waals surface area contributed by atoms with Gasteiger partial charge < -0.3 is 10.0 Å². The van der Waals surface area contributed by atoms with Gasteiger partial charge in [0.05, 0.1) is 11.1 Å². The average Bonchev–Trinajstić information content (AvgIpc) is 2.69. The number of aromatic carboxylic acids is 1. The van der Waals surface area contributed by atoms with E-state index >= 15 is 0 Å². The predicted molar refractivity (Wildman–Crippen MR) is 97.7 cm³/mol. The number of carboxylic acid groups (broad SMARTS) is 1. The maximum atomic E-state index is 12.9. The summed E-state index contributed by atoms with van der Waals surface area (Å²) in [5.41, 5.74) is 2.63. The van der Waals surface area contributed by atoms with E-state index in [1.807, 2.05) is 30.3 Å². The number of amides is 1. The Balaban J connectivity index is 1.84. The molecule has 0 aliphatic rings. The Morgan fingerprint density at radius 1 is 0.808 bits per heavy atom. The van der Waals surface area contributed by atoms with Crippen LogP contribution in [-0.2, 0) is 13.1 Å². The Bertz CT molecular complexity index is 878. The van der Waals surface area contributed by atoms with Gasteiger partial charge in [0, 0.05) is 25.5 Å². The van der Waals surface area contributed by atoms with Gasteiger partial charge in [-0.1, -0.05) is 42.5 Å². The summed E-state index contributed by atoms with van der Waals surface area (Å²) in [7, 11) is 0. The van der Waals surface area contributed by atoms with Crippen LogP contribution in [0, 0.1) is 0 Å². The van der Waals surface area contributed by atoms with Crippen molar-refractivity contribution in [2.24, 2.45) is 0 Å². The fourth-order valence-corrected chi connectivity index (χ4v) is 2.65. The van der Waals surface area contributed by atoms with Crippen molar-refractivity contribution in [3.63, 3.8) is 0 Å². The zero-order valence-electron chi connectivity index (χ0n) is 14.1. The predicted octanol–water partition coefficient (Wildman–Crippen LogP) is 3.62. The van der Waals surface area contributed by atoms with Gasteiger partial charge in [-0.25, -0.2) is 4.79 Å². The molecular weight excluding hydrogens is 328 g/mol. The number of rotatable bonds is 6. The lowest BCUT2D eigenvalue weighted by Gasteiger charge is -2.23. The standard InChI is InChI=1S/C21H18N2O3/c24-20(19-7-4-12-22-13-19)23(14-16-5-2-1-3-6-16)15-17-8-10-18(11-9-17)21(25)26/h1-13H,14-15H2,(H,25,26). The fraction of sp³-hybridized carbons (Fsp3) is 0.0952. The maximum absolute atomic E-state index is 12.9. The molecule has 0 saturated heterocycles. The molecule has 26 heavy (non-hydrogen) atoms. The van der Waals surface area contributed by atoms with Crippen molar-refractivity contribution in [3.05, 3.63) is 101 Å². The second-order valence-electron chi connectivity index (χ2n) is 5.89. The molecule has 1 heterocycles. The van der Waals surface area contributed by atoms with E-state index in [9.17, 15) is 9.59 Å². The lowest BCUT2D eigenvalue weighted by Crippen LogP contribution is -2.30. The van der Waals surface area contributed by atoms with E-state index in [0.717, 1.165) is 11.1 Å². The van der Waals surface area contributed by atoms with E-state index in [0.29, 0.717) is 18.7 Å². The summed E-state index contributed by atoms with van der Waals surface area (Å²) in [6.45, 7) is 0.831. The third-order valence-electron chi connectivity index (χ3n) is 3.99. The number of nitrogens with zero attached hydrogens (tertiary/aromatic N) is 2. The van der Waals surface area contributed by atoms with Crippen molar-refractivity contribution in [1.29, 1.82) is 0 Å². The summed E-state index contributed by atoms with van der Waals surface area (Å²) in [4.78, 5) is 29.7. The molecule has 0 unspecified atom stereocenters. The van der Waals surface area contributed by atoms with E-state index in [2.05, 4.69) is 4.98 Å². The molecule has 5 heteroatoms.